The van der Waals surface area contributed by atoms with Crippen molar-refractivity contribution >= 4 is 11.9 Å². The first kappa shape index (κ1) is 20.2. The van der Waals surface area contributed by atoms with Gasteiger partial charge in [0.1, 0.15) is 18.1 Å². The Morgan fingerprint density at radius 1 is 1.24 bits per heavy atom. The van der Waals surface area contributed by atoms with E-state index in [0.29, 0.717) is 23.7 Å². The standard InChI is InChI=1S/C17H20N4O2.CH4O/c1-12-8-9-17(22)16(20-12)11-19-23-10-4-6-14-5-3-7-15(21-14)13(2)18;1-2/h3,5,7-9,11,18,22H,4,6,10H2,1-2H3;2H,1H3/b18-13?,19-11+;. The van der Waals surface area contributed by atoms with Gasteiger partial charge in [0.15, 0.2) is 0 Å². The zero-order valence-electron chi connectivity index (χ0n) is 14.7. The van der Waals surface area contributed by atoms with Crippen molar-refractivity contribution in [2.24, 2.45) is 5.16 Å². The molecular formula is C18H24N4O3. The molecule has 0 saturated heterocycles. The Labute approximate surface area is 147 Å². The highest BCUT2D eigenvalue weighted by atomic mass is 16.6. The van der Waals surface area contributed by atoms with Crippen LogP contribution in [-0.2, 0) is 11.3 Å². The van der Waals surface area contributed by atoms with Gasteiger partial charge < -0.3 is 20.5 Å². The van der Waals surface area contributed by atoms with E-state index < -0.39 is 0 Å². The van der Waals surface area contributed by atoms with Gasteiger partial charge in [0.2, 0.25) is 0 Å². The number of hydrogen-bond donors (Lipinski definition) is 3. The van der Waals surface area contributed by atoms with Crippen LogP contribution in [0.3, 0.4) is 0 Å². The molecule has 0 amide bonds. The van der Waals surface area contributed by atoms with Crippen LogP contribution in [0.25, 0.3) is 0 Å². The molecule has 0 aliphatic rings. The molecular weight excluding hydrogens is 320 g/mol. The van der Waals surface area contributed by atoms with Crippen molar-refractivity contribution in [3.63, 3.8) is 0 Å². The van der Waals surface area contributed by atoms with Crippen LogP contribution in [0.5, 0.6) is 5.75 Å². The van der Waals surface area contributed by atoms with Gasteiger partial charge in [0, 0.05) is 18.5 Å². The Morgan fingerprint density at radius 3 is 2.72 bits per heavy atom. The number of rotatable bonds is 7. The summed E-state index contributed by atoms with van der Waals surface area (Å²) >= 11 is 0. The molecule has 0 saturated carbocycles. The number of aromatic nitrogens is 2. The Bertz CT molecular complexity index is 717. The quantitative estimate of drug-likeness (QED) is 0.406. The number of hydrogen-bond acceptors (Lipinski definition) is 7. The smallest absolute Gasteiger partial charge is 0.142 e. The second-order valence-corrected chi connectivity index (χ2v) is 5.17. The first-order chi connectivity index (χ1) is 12.1. The Balaban J connectivity index is 0.00000151. The highest BCUT2D eigenvalue weighted by molar-refractivity contribution is 5.94. The van der Waals surface area contributed by atoms with Crippen LogP contribution in [0.4, 0.5) is 0 Å². The molecule has 7 nitrogen and oxygen atoms in total. The van der Waals surface area contributed by atoms with Crippen molar-refractivity contribution in [1.29, 1.82) is 5.41 Å². The normalized spacial score (nSPS) is 10.2. The Kier molecular flexibility index (Phi) is 8.81. The van der Waals surface area contributed by atoms with E-state index in [9.17, 15) is 5.11 Å². The maximum absolute atomic E-state index is 9.62. The van der Waals surface area contributed by atoms with E-state index in [1.54, 1.807) is 19.1 Å². The van der Waals surface area contributed by atoms with E-state index >= 15 is 0 Å². The summed E-state index contributed by atoms with van der Waals surface area (Å²) in [5.74, 6) is 0.0750. The fourth-order valence-electron chi connectivity index (χ4n) is 1.95. The first-order valence-electron chi connectivity index (χ1n) is 7.84. The first-order valence-corrected chi connectivity index (χ1v) is 7.84. The number of nitrogens with zero attached hydrogens (tertiary/aromatic N) is 3. The van der Waals surface area contributed by atoms with Crippen LogP contribution < -0.4 is 0 Å². The SMILES string of the molecule is CC(=N)c1cccc(CCCO/N=C/c2nc(C)ccc2O)n1.CO. The van der Waals surface area contributed by atoms with E-state index in [1.165, 1.54) is 6.21 Å². The van der Waals surface area contributed by atoms with Gasteiger partial charge in [-0.2, -0.15) is 0 Å². The molecule has 0 aromatic carbocycles. The molecule has 134 valence electrons. The molecule has 0 fully saturated rings. The summed E-state index contributed by atoms with van der Waals surface area (Å²) in [6, 6.07) is 8.97. The number of aliphatic hydroxyl groups is 1. The monoisotopic (exact) mass is 344 g/mol. The summed E-state index contributed by atoms with van der Waals surface area (Å²) in [5.41, 5.74) is 3.28. The molecule has 0 atom stereocenters. The van der Waals surface area contributed by atoms with Crippen LogP contribution in [0.1, 0.15) is 36.1 Å². The van der Waals surface area contributed by atoms with Gasteiger partial charge >= 0.3 is 0 Å². The number of nitrogens with one attached hydrogen (secondary N) is 1. The molecule has 3 N–H and O–H groups in total. The van der Waals surface area contributed by atoms with Crippen molar-refractivity contribution in [3.05, 3.63) is 53.1 Å². The number of oxime groups is 1. The maximum Gasteiger partial charge on any atom is 0.142 e. The Hall–Kier alpha value is -2.80. The molecule has 0 spiro atoms. The van der Waals surface area contributed by atoms with E-state index in [2.05, 4.69) is 15.1 Å². The minimum atomic E-state index is 0.0750. The summed E-state index contributed by atoms with van der Waals surface area (Å²) in [6.07, 6.45) is 2.92. The zero-order valence-corrected chi connectivity index (χ0v) is 14.7. The lowest BCUT2D eigenvalue weighted by Crippen LogP contribution is -2.01. The molecule has 0 aliphatic heterocycles. The fourth-order valence-corrected chi connectivity index (χ4v) is 1.95. The van der Waals surface area contributed by atoms with E-state index in [-0.39, 0.29) is 5.75 Å². The fraction of sp³-hybridized carbons (Fsp3) is 0.333. The molecule has 0 radical (unpaired) electrons. The van der Waals surface area contributed by atoms with Gasteiger partial charge in [0.25, 0.3) is 0 Å². The molecule has 2 aromatic heterocycles. The van der Waals surface area contributed by atoms with Gasteiger partial charge in [-0.3, -0.25) is 4.98 Å². The number of aromatic hydroxyl groups is 1. The van der Waals surface area contributed by atoms with Crippen LogP contribution in [-0.4, -0.2) is 45.8 Å². The minimum Gasteiger partial charge on any atom is -0.506 e. The lowest BCUT2D eigenvalue weighted by molar-refractivity contribution is 0.143. The highest BCUT2D eigenvalue weighted by Gasteiger charge is 2.01. The van der Waals surface area contributed by atoms with Gasteiger partial charge in [-0.05, 0) is 51.0 Å². The van der Waals surface area contributed by atoms with E-state index in [0.717, 1.165) is 31.3 Å². The average Bonchev–Trinajstić information content (AvgIpc) is 2.62. The third-order valence-electron chi connectivity index (χ3n) is 3.15. The molecule has 2 heterocycles. The molecule has 2 aromatic rings. The number of pyridine rings is 2. The van der Waals surface area contributed by atoms with Crippen LogP contribution >= 0.6 is 0 Å². The van der Waals surface area contributed by atoms with Crippen molar-refractivity contribution in [3.8, 4) is 5.75 Å². The Morgan fingerprint density at radius 2 is 2.00 bits per heavy atom. The summed E-state index contributed by atoms with van der Waals surface area (Å²) in [7, 11) is 1.00. The summed E-state index contributed by atoms with van der Waals surface area (Å²) in [4.78, 5) is 13.7. The zero-order chi connectivity index (χ0) is 18.7. The summed E-state index contributed by atoms with van der Waals surface area (Å²) in [5, 5.41) is 28.0. The predicted octanol–water partition coefficient (Wildman–Crippen LogP) is 2.47. The lowest BCUT2D eigenvalue weighted by Gasteiger charge is -2.03. The second kappa shape index (κ2) is 10.9. The van der Waals surface area contributed by atoms with Gasteiger partial charge in [-0.15, -0.1) is 0 Å². The molecule has 0 aliphatic carbocycles. The highest BCUT2D eigenvalue weighted by Crippen LogP contribution is 2.12. The lowest BCUT2D eigenvalue weighted by atomic mass is 10.2. The molecule has 7 heteroatoms. The van der Waals surface area contributed by atoms with Crippen molar-refractivity contribution in [2.45, 2.75) is 26.7 Å². The third kappa shape index (κ3) is 7.09. The van der Waals surface area contributed by atoms with Gasteiger partial charge in [-0.1, -0.05) is 11.2 Å². The van der Waals surface area contributed by atoms with Crippen LogP contribution in [0, 0.1) is 12.3 Å². The predicted molar refractivity (Wildman–Crippen MR) is 97.4 cm³/mol. The topological polar surface area (TPSA) is 112 Å². The van der Waals surface area contributed by atoms with Gasteiger partial charge in [0.05, 0.1) is 17.6 Å². The maximum atomic E-state index is 9.62. The van der Waals surface area contributed by atoms with Crippen molar-refractivity contribution in [1.82, 2.24) is 9.97 Å². The van der Waals surface area contributed by atoms with Gasteiger partial charge in [-0.25, -0.2) is 4.98 Å². The van der Waals surface area contributed by atoms with Crippen LogP contribution in [0.15, 0.2) is 35.5 Å². The average molecular weight is 344 g/mol. The third-order valence-corrected chi connectivity index (χ3v) is 3.15. The van der Waals surface area contributed by atoms with E-state index in [4.69, 9.17) is 15.4 Å². The summed E-state index contributed by atoms with van der Waals surface area (Å²) in [6.45, 7) is 4.01. The largest absolute Gasteiger partial charge is 0.506 e. The molecule has 2 rings (SSSR count). The molecule has 25 heavy (non-hydrogen) atoms. The number of aliphatic hydroxyl groups excluding tert-OH is 1. The molecule has 0 unspecified atom stereocenters. The van der Waals surface area contributed by atoms with Crippen LogP contribution in [0.2, 0.25) is 0 Å². The van der Waals surface area contributed by atoms with Crippen molar-refractivity contribution in [2.75, 3.05) is 13.7 Å². The minimum absolute atomic E-state index is 0.0750. The second-order valence-electron chi connectivity index (χ2n) is 5.17. The number of aryl methyl sites for hydroxylation is 2. The van der Waals surface area contributed by atoms with E-state index in [1.807, 2.05) is 25.1 Å². The van der Waals surface area contributed by atoms with Crippen molar-refractivity contribution < 1.29 is 15.1 Å². The molecule has 0 bridgehead atoms. The summed E-state index contributed by atoms with van der Waals surface area (Å²) < 4.78 is 0.